The highest BCUT2D eigenvalue weighted by Gasteiger charge is 2.32. The average Bonchev–Trinajstić information content (AvgIpc) is 3.32. The number of benzene rings is 2. The minimum atomic E-state index is -3.58. The van der Waals surface area contributed by atoms with E-state index in [9.17, 15) is 13.2 Å². The monoisotopic (exact) mass is 485 g/mol. The summed E-state index contributed by atoms with van der Waals surface area (Å²) in [4.78, 5) is 17.4. The highest BCUT2D eigenvalue weighted by atomic mass is 32.2. The zero-order valence-electron chi connectivity index (χ0n) is 18.7. The Morgan fingerprint density at radius 2 is 2.00 bits per heavy atom. The largest absolute Gasteiger partial charge is 0.497 e. The predicted molar refractivity (Wildman–Crippen MR) is 130 cm³/mol. The maximum absolute atomic E-state index is 13.1. The van der Waals surface area contributed by atoms with E-state index in [2.05, 4.69) is 10.3 Å². The number of hydrogen-bond acceptors (Lipinski definition) is 6. The average molecular weight is 486 g/mol. The van der Waals surface area contributed by atoms with Gasteiger partial charge in [-0.25, -0.2) is 13.4 Å². The van der Waals surface area contributed by atoms with E-state index in [1.54, 1.807) is 23.5 Å². The Kier molecular flexibility index (Phi) is 7.11. The summed E-state index contributed by atoms with van der Waals surface area (Å²) in [6.07, 6.45) is 3.62. The molecule has 1 saturated heterocycles. The van der Waals surface area contributed by atoms with Gasteiger partial charge < -0.3 is 4.74 Å². The molecule has 33 heavy (non-hydrogen) atoms. The van der Waals surface area contributed by atoms with E-state index in [1.807, 2.05) is 36.6 Å². The van der Waals surface area contributed by atoms with Crippen molar-refractivity contribution < 1.29 is 17.9 Å². The molecule has 1 amide bonds. The quantitative estimate of drug-likeness (QED) is 0.507. The number of aromatic nitrogens is 1. The topological polar surface area (TPSA) is 88.6 Å². The van der Waals surface area contributed by atoms with Gasteiger partial charge in [-0.1, -0.05) is 25.5 Å². The third-order valence-corrected chi connectivity index (χ3v) is 8.58. The van der Waals surface area contributed by atoms with Crippen molar-refractivity contribution in [1.82, 2.24) is 9.29 Å². The number of carbonyl (C=O) groups excluding carboxylic acids is 1. The molecule has 1 N–H and O–H groups in total. The van der Waals surface area contributed by atoms with Crippen LogP contribution in [0.2, 0.25) is 0 Å². The van der Waals surface area contributed by atoms with Crippen LogP contribution in [0.3, 0.4) is 0 Å². The summed E-state index contributed by atoms with van der Waals surface area (Å²) in [5.41, 5.74) is 2.00. The van der Waals surface area contributed by atoms with Gasteiger partial charge in [0.2, 0.25) is 10.0 Å². The number of piperidine rings is 1. The molecule has 3 aromatic rings. The number of carbonyl (C=O) groups is 1. The molecule has 1 aromatic heterocycles. The molecule has 0 bridgehead atoms. The highest BCUT2D eigenvalue weighted by molar-refractivity contribution is 7.89. The lowest BCUT2D eigenvalue weighted by atomic mass is 10.0. The lowest BCUT2D eigenvalue weighted by Crippen LogP contribution is -2.43. The summed E-state index contributed by atoms with van der Waals surface area (Å²) in [6.45, 7) is 2.56. The van der Waals surface area contributed by atoms with Crippen LogP contribution in [0.25, 0.3) is 11.3 Å². The van der Waals surface area contributed by atoms with E-state index < -0.39 is 10.0 Å². The molecule has 4 rings (SSSR count). The molecule has 1 aliphatic rings. The van der Waals surface area contributed by atoms with Crippen molar-refractivity contribution in [1.29, 1.82) is 0 Å². The van der Waals surface area contributed by atoms with Crippen LogP contribution in [-0.4, -0.2) is 43.3 Å². The third kappa shape index (κ3) is 5.10. The van der Waals surface area contributed by atoms with Crippen molar-refractivity contribution in [3.63, 3.8) is 0 Å². The van der Waals surface area contributed by atoms with E-state index >= 15 is 0 Å². The maximum Gasteiger partial charge on any atom is 0.257 e. The van der Waals surface area contributed by atoms with Gasteiger partial charge in [0.15, 0.2) is 5.13 Å². The number of anilines is 1. The Bertz CT molecular complexity index is 1220. The molecule has 1 aliphatic heterocycles. The second-order valence-electron chi connectivity index (χ2n) is 7.92. The zero-order valence-corrected chi connectivity index (χ0v) is 20.3. The van der Waals surface area contributed by atoms with Crippen LogP contribution in [0.1, 0.15) is 43.0 Å². The van der Waals surface area contributed by atoms with Crippen molar-refractivity contribution in [2.24, 2.45) is 0 Å². The van der Waals surface area contributed by atoms with Crippen molar-refractivity contribution in [3.05, 3.63) is 59.5 Å². The number of nitrogens with zero attached hydrogens (tertiary/aromatic N) is 2. The first-order valence-electron chi connectivity index (χ1n) is 11.0. The lowest BCUT2D eigenvalue weighted by Gasteiger charge is -2.34. The fourth-order valence-corrected chi connectivity index (χ4v) is 6.51. The van der Waals surface area contributed by atoms with Gasteiger partial charge in [0.25, 0.3) is 5.91 Å². The molecule has 0 saturated carbocycles. The van der Waals surface area contributed by atoms with E-state index in [0.717, 1.165) is 42.7 Å². The van der Waals surface area contributed by atoms with Gasteiger partial charge in [-0.15, -0.1) is 11.3 Å². The van der Waals surface area contributed by atoms with Gasteiger partial charge in [0.05, 0.1) is 17.7 Å². The molecule has 1 atom stereocenters. The molecule has 7 nitrogen and oxygen atoms in total. The number of methoxy groups -OCH3 is 1. The number of rotatable bonds is 7. The molecular formula is C24H27N3O4S2. The number of hydrogen-bond donors (Lipinski definition) is 1. The zero-order chi connectivity index (χ0) is 23.4. The van der Waals surface area contributed by atoms with Gasteiger partial charge in [0.1, 0.15) is 5.75 Å². The SMILES string of the molecule is CCC1CCCCN1S(=O)(=O)c1ccc(C(=O)Nc2nc(-c3cccc(OC)c3)cs2)cc1. The van der Waals surface area contributed by atoms with Crippen LogP contribution >= 0.6 is 11.3 Å². The molecular weight excluding hydrogens is 458 g/mol. The molecule has 2 heterocycles. The second kappa shape index (κ2) is 10.0. The fourth-order valence-electron chi connectivity index (χ4n) is 4.03. The number of thiazole rings is 1. The number of amides is 1. The molecule has 1 unspecified atom stereocenters. The summed E-state index contributed by atoms with van der Waals surface area (Å²) in [5, 5.41) is 5.12. The summed E-state index contributed by atoms with van der Waals surface area (Å²) in [6, 6.07) is 13.7. The Hall–Kier alpha value is -2.75. The van der Waals surface area contributed by atoms with Crippen molar-refractivity contribution in [2.75, 3.05) is 19.0 Å². The molecule has 0 aliphatic carbocycles. The minimum Gasteiger partial charge on any atom is -0.497 e. The number of ether oxygens (including phenoxy) is 1. The van der Waals surface area contributed by atoms with Crippen molar-refractivity contribution >= 4 is 32.4 Å². The molecule has 2 aromatic carbocycles. The Morgan fingerprint density at radius 1 is 1.21 bits per heavy atom. The standard InChI is InChI=1S/C24H27N3O4S2/c1-3-19-8-4-5-14-27(19)33(29,30)21-12-10-17(11-13-21)23(28)26-24-25-22(16-32-24)18-7-6-9-20(15-18)31-2/h6-7,9-13,15-16,19H,3-5,8,14H2,1-2H3,(H,25,26,28). The van der Waals surface area contributed by atoms with Gasteiger partial charge in [-0.3, -0.25) is 10.1 Å². The summed E-state index contributed by atoms with van der Waals surface area (Å²) >= 11 is 1.32. The van der Waals surface area contributed by atoms with Crippen molar-refractivity contribution in [3.8, 4) is 17.0 Å². The molecule has 0 radical (unpaired) electrons. The van der Waals surface area contributed by atoms with Crippen LogP contribution in [0.15, 0.2) is 58.8 Å². The summed E-state index contributed by atoms with van der Waals surface area (Å²) < 4.78 is 33.1. The molecule has 1 fully saturated rings. The van der Waals surface area contributed by atoms with Crippen LogP contribution in [0, 0.1) is 0 Å². The smallest absolute Gasteiger partial charge is 0.257 e. The highest BCUT2D eigenvalue weighted by Crippen LogP contribution is 2.29. The van der Waals surface area contributed by atoms with E-state index in [-0.39, 0.29) is 16.8 Å². The third-order valence-electron chi connectivity index (χ3n) is 5.86. The number of sulfonamides is 1. The van der Waals surface area contributed by atoms with Gasteiger partial charge in [0, 0.05) is 29.1 Å². The lowest BCUT2D eigenvalue weighted by molar-refractivity contribution is 0.102. The minimum absolute atomic E-state index is 0.0374. The predicted octanol–water partition coefficient (Wildman–Crippen LogP) is 5.02. The number of nitrogens with one attached hydrogen (secondary N) is 1. The van der Waals surface area contributed by atoms with Crippen LogP contribution < -0.4 is 10.1 Å². The Morgan fingerprint density at radius 3 is 2.73 bits per heavy atom. The van der Waals surface area contributed by atoms with E-state index in [0.29, 0.717) is 17.2 Å². The first-order valence-corrected chi connectivity index (χ1v) is 13.3. The van der Waals surface area contributed by atoms with Gasteiger partial charge in [-0.2, -0.15) is 4.31 Å². The van der Waals surface area contributed by atoms with E-state index in [4.69, 9.17) is 4.74 Å². The van der Waals surface area contributed by atoms with Gasteiger partial charge in [-0.05, 0) is 55.7 Å². The van der Waals surface area contributed by atoms with Gasteiger partial charge >= 0.3 is 0 Å². The Balaban J connectivity index is 1.46. The first-order chi connectivity index (χ1) is 15.9. The van der Waals surface area contributed by atoms with Crippen molar-refractivity contribution in [2.45, 2.75) is 43.5 Å². The summed E-state index contributed by atoms with van der Waals surface area (Å²) in [7, 11) is -1.97. The maximum atomic E-state index is 13.1. The fraction of sp³-hybridized carbons (Fsp3) is 0.333. The summed E-state index contributed by atoms with van der Waals surface area (Å²) in [5.74, 6) is 0.394. The van der Waals surface area contributed by atoms with Crippen LogP contribution in [-0.2, 0) is 10.0 Å². The Labute approximate surface area is 198 Å². The molecule has 9 heteroatoms. The van der Waals surface area contributed by atoms with Crippen LogP contribution in [0.5, 0.6) is 5.75 Å². The normalized spacial score (nSPS) is 17.0. The van der Waals surface area contributed by atoms with Crippen LogP contribution in [0.4, 0.5) is 5.13 Å². The molecule has 174 valence electrons. The van der Waals surface area contributed by atoms with E-state index in [1.165, 1.54) is 23.5 Å². The second-order valence-corrected chi connectivity index (χ2v) is 10.7. The molecule has 0 spiro atoms. The first kappa shape index (κ1) is 23.4.